The first kappa shape index (κ1) is 12.5. The summed E-state index contributed by atoms with van der Waals surface area (Å²) in [5.74, 6) is -0.508. The Morgan fingerprint density at radius 2 is 2.06 bits per heavy atom. The Labute approximate surface area is 89.8 Å². The van der Waals surface area contributed by atoms with Crippen LogP contribution in [0.2, 0.25) is 0 Å². The minimum Gasteiger partial charge on any atom is -0.466 e. The van der Waals surface area contributed by atoms with Crippen molar-refractivity contribution in [1.29, 1.82) is 0 Å². The minimum atomic E-state index is -4.57. The van der Waals surface area contributed by atoms with Gasteiger partial charge in [0, 0.05) is 7.11 Å². The zero-order chi connectivity index (χ0) is 12.2. The second-order valence-corrected chi connectivity index (χ2v) is 2.89. The summed E-state index contributed by atoms with van der Waals surface area (Å²) in [5.41, 5.74) is -1.15. The molecule has 1 rings (SSSR count). The van der Waals surface area contributed by atoms with E-state index in [9.17, 15) is 18.0 Å². The molecular formula is C10H9F3O3. The van der Waals surface area contributed by atoms with Crippen LogP contribution in [0, 0.1) is 0 Å². The molecule has 0 aliphatic rings. The summed E-state index contributed by atoms with van der Waals surface area (Å²) < 4.78 is 46.9. The van der Waals surface area contributed by atoms with Gasteiger partial charge >= 0.3 is 6.18 Å². The van der Waals surface area contributed by atoms with Crippen LogP contribution >= 0.6 is 0 Å². The third-order valence-corrected chi connectivity index (χ3v) is 1.80. The number of aldehydes is 1. The molecule has 0 aliphatic heterocycles. The average molecular weight is 234 g/mol. The SMILES string of the molecule is COCOc1c(C=O)cccc1C(F)(F)F. The molecule has 16 heavy (non-hydrogen) atoms. The predicted octanol–water partition coefficient (Wildman–Crippen LogP) is 2.50. The van der Waals surface area contributed by atoms with Gasteiger partial charge in [-0.3, -0.25) is 4.79 Å². The van der Waals surface area contributed by atoms with Gasteiger partial charge in [-0.1, -0.05) is 6.07 Å². The van der Waals surface area contributed by atoms with E-state index in [1.165, 1.54) is 13.2 Å². The third-order valence-electron chi connectivity index (χ3n) is 1.80. The number of rotatable bonds is 4. The highest BCUT2D eigenvalue weighted by molar-refractivity contribution is 5.80. The lowest BCUT2D eigenvalue weighted by molar-refractivity contribution is -0.139. The summed E-state index contributed by atoms with van der Waals surface area (Å²) in [6.07, 6.45) is -4.26. The van der Waals surface area contributed by atoms with Crippen LogP contribution in [0.4, 0.5) is 13.2 Å². The fourth-order valence-electron chi connectivity index (χ4n) is 1.15. The molecule has 0 amide bonds. The van der Waals surface area contributed by atoms with E-state index < -0.39 is 17.5 Å². The summed E-state index contributed by atoms with van der Waals surface area (Å²) in [6, 6.07) is 3.23. The molecule has 0 saturated carbocycles. The van der Waals surface area contributed by atoms with Crippen molar-refractivity contribution in [2.45, 2.75) is 6.18 Å². The molecule has 1 aromatic carbocycles. The maximum absolute atomic E-state index is 12.6. The largest absolute Gasteiger partial charge is 0.466 e. The maximum Gasteiger partial charge on any atom is 0.419 e. The van der Waals surface area contributed by atoms with Gasteiger partial charge in [-0.25, -0.2) is 0 Å². The number of hydrogen-bond acceptors (Lipinski definition) is 3. The van der Waals surface area contributed by atoms with Crippen molar-refractivity contribution in [1.82, 2.24) is 0 Å². The normalized spacial score (nSPS) is 11.2. The molecule has 3 nitrogen and oxygen atoms in total. The van der Waals surface area contributed by atoms with Crippen LogP contribution in [0.1, 0.15) is 15.9 Å². The van der Waals surface area contributed by atoms with Crippen LogP contribution in [0.3, 0.4) is 0 Å². The van der Waals surface area contributed by atoms with Gasteiger partial charge in [-0.15, -0.1) is 0 Å². The number of hydrogen-bond donors (Lipinski definition) is 0. The zero-order valence-corrected chi connectivity index (χ0v) is 8.38. The number of carbonyl (C=O) groups is 1. The molecule has 0 spiro atoms. The minimum absolute atomic E-state index is 0.160. The lowest BCUT2D eigenvalue weighted by Crippen LogP contribution is -2.11. The highest BCUT2D eigenvalue weighted by Crippen LogP contribution is 2.37. The molecular weight excluding hydrogens is 225 g/mol. The second kappa shape index (κ2) is 4.98. The summed E-state index contributed by atoms with van der Waals surface area (Å²) in [5, 5.41) is 0. The summed E-state index contributed by atoms with van der Waals surface area (Å²) in [7, 11) is 1.27. The fourth-order valence-corrected chi connectivity index (χ4v) is 1.15. The van der Waals surface area contributed by atoms with Crippen LogP contribution in [0.15, 0.2) is 18.2 Å². The molecule has 0 atom stereocenters. The Morgan fingerprint density at radius 3 is 2.56 bits per heavy atom. The number of alkyl halides is 3. The van der Waals surface area contributed by atoms with E-state index in [4.69, 9.17) is 4.74 Å². The van der Waals surface area contributed by atoms with E-state index in [1.807, 2.05) is 0 Å². The zero-order valence-electron chi connectivity index (χ0n) is 8.38. The van der Waals surface area contributed by atoms with Crippen LogP contribution in [-0.2, 0) is 10.9 Å². The van der Waals surface area contributed by atoms with Gasteiger partial charge in [-0.2, -0.15) is 13.2 Å². The number of carbonyl (C=O) groups excluding carboxylic acids is 1. The van der Waals surface area contributed by atoms with Crippen LogP contribution in [0.25, 0.3) is 0 Å². The number of benzene rings is 1. The van der Waals surface area contributed by atoms with E-state index in [1.54, 1.807) is 0 Å². The maximum atomic E-state index is 12.6. The van der Waals surface area contributed by atoms with Crippen molar-refractivity contribution in [3.63, 3.8) is 0 Å². The lowest BCUT2D eigenvalue weighted by atomic mass is 10.1. The van der Waals surface area contributed by atoms with E-state index >= 15 is 0 Å². The fraction of sp³-hybridized carbons (Fsp3) is 0.300. The Morgan fingerprint density at radius 1 is 1.38 bits per heavy atom. The summed E-state index contributed by atoms with van der Waals surface area (Å²) in [4.78, 5) is 10.6. The summed E-state index contributed by atoms with van der Waals surface area (Å²) in [6.45, 7) is -0.353. The molecule has 0 bridgehead atoms. The molecule has 6 heteroatoms. The van der Waals surface area contributed by atoms with Gasteiger partial charge in [0.15, 0.2) is 13.1 Å². The second-order valence-electron chi connectivity index (χ2n) is 2.89. The van der Waals surface area contributed by atoms with Crippen LogP contribution in [0.5, 0.6) is 5.75 Å². The van der Waals surface area contributed by atoms with E-state index in [0.29, 0.717) is 6.29 Å². The van der Waals surface area contributed by atoms with Gasteiger partial charge in [0.1, 0.15) is 5.75 Å². The quantitative estimate of drug-likeness (QED) is 0.593. The highest BCUT2D eigenvalue weighted by atomic mass is 19.4. The van der Waals surface area contributed by atoms with E-state index in [-0.39, 0.29) is 12.4 Å². The Hall–Kier alpha value is -1.56. The van der Waals surface area contributed by atoms with E-state index in [0.717, 1.165) is 12.1 Å². The smallest absolute Gasteiger partial charge is 0.419 e. The average Bonchev–Trinajstić information content (AvgIpc) is 2.24. The van der Waals surface area contributed by atoms with Crippen molar-refractivity contribution in [2.75, 3.05) is 13.9 Å². The van der Waals surface area contributed by atoms with Crippen molar-refractivity contribution in [3.8, 4) is 5.75 Å². The van der Waals surface area contributed by atoms with Gasteiger partial charge in [0.25, 0.3) is 0 Å². The number of methoxy groups -OCH3 is 1. The molecule has 0 N–H and O–H groups in total. The molecule has 0 unspecified atom stereocenters. The Kier molecular flexibility index (Phi) is 3.89. The standard InChI is InChI=1S/C10H9F3O3/c1-15-6-16-9-7(5-14)3-2-4-8(9)10(11,12)13/h2-5H,6H2,1H3. The lowest BCUT2D eigenvalue weighted by Gasteiger charge is -2.14. The Bertz CT molecular complexity index is 374. The number of halogens is 3. The van der Waals surface area contributed by atoms with Crippen molar-refractivity contribution < 1.29 is 27.4 Å². The molecule has 0 saturated heterocycles. The highest BCUT2D eigenvalue weighted by Gasteiger charge is 2.35. The molecule has 88 valence electrons. The first-order valence-electron chi connectivity index (χ1n) is 4.28. The molecule has 0 heterocycles. The van der Waals surface area contributed by atoms with Crippen LogP contribution < -0.4 is 4.74 Å². The van der Waals surface area contributed by atoms with Crippen molar-refractivity contribution >= 4 is 6.29 Å². The van der Waals surface area contributed by atoms with E-state index in [2.05, 4.69) is 4.74 Å². The number of para-hydroxylation sites is 1. The number of ether oxygens (including phenoxy) is 2. The summed E-state index contributed by atoms with van der Waals surface area (Å²) >= 11 is 0. The molecule has 0 aromatic heterocycles. The topological polar surface area (TPSA) is 35.5 Å². The first-order valence-corrected chi connectivity index (χ1v) is 4.28. The van der Waals surface area contributed by atoms with Gasteiger partial charge in [-0.05, 0) is 12.1 Å². The predicted molar refractivity (Wildman–Crippen MR) is 49.3 cm³/mol. The molecule has 0 radical (unpaired) electrons. The Balaban J connectivity index is 3.20. The van der Waals surface area contributed by atoms with Crippen molar-refractivity contribution in [3.05, 3.63) is 29.3 Å². The molecule has 0 fully saturated rings. The monoisotopic (exact) mass is 234 g/mol. The van der Waals surface area contributed by atoms with Crippen LogP contribution in [-0.4, -0.2) is 20.2 Å². The molecule has 1 aromatic rings. The van der Waals surface area contributed by atoms with Gasteiger partial charge in [0.05, 0.1) is 11.1 Å². The first-order chi connectivity index (χ1) is 7.50. The van der Waals surface area contributed by atoms with Gasteiger partial charge in [0.2, 0.25) is 0 Å². The third kappa shape index (κ3) is 2.73. The van der Waals surface area contributed by atoms with Gasteiger partial charge < -0.3 is 9.47 Å². The van der Waals surface area contributed by atoms with Crippen molar-refractivity contribution in [2.24, 2.45) is 0 Å². The molecule has 0 aliphatic carbocycles.